The molecular formula is C22H25FN4S. The van der Waals surface area contributed by atoms with E-state index in [4.69, 9.17) is 12.2 Å². The SMILES string of the molecule is Cc1ccc(NC(=S)N(CCCn2ccnc2)Cc2ccc(F)cc2)cc1C. The minimum atomic E-state index is -0.230. The van der Waals surface area contributed by atoms with Crippen molar-refractivity contribution in [3.8, 4) is 0 Å². The predicted molar refractivity (Wildman–Crippen MR) is 116 cm³/mol. The van der Waals surface area contributed by atoms with E-state index in [1.165, 1.54) is 23.3 Å². The highest BCUT2D eigenvalue weighted by atomic mass is 32.1. The van der Waals surface area contributed by atoms with Crippen LogP contribution in [0.4, 0.5) is 10.1 Å². The van der Waals surface area contributed by atoms with Crippen molar-refractivity contribution in [2.45, 2.75) is 33.4 Å². The summed E-state index contributed by atoms with van der Waals surface area (Å²) in [4.78, 5) is 6.20. The van der Waals surface area contributed by atoms with Crippen molar-refractivity contribution >= 4 is 23.0 Å². The largest absolute Gasteiger partial charge is 0.345 e. The van der Waals surface area contributed by atoms with E-state index in [-0.39, 0.29) is 5.82 Å². The number of rotatable bonds is 7. The Morgan fingerprint density at radius 2 is 1.93 bits per heavy atom. The first-order chi connectivity index (χ1) is 13.5. The van der Waals surface area contributed by atoms with E-state index in [1.54, 1.807) is 18.3 Å². The Labute approximate surface area is 171 Å². The van der Waals surface area contributed by atoms with Gasteiger partial charge in [-0.25, -0.2) is 9.37 Å². The van der Waals surface area contributed by atoms with E-state index in [9.17, 15) is 4.39 Å². The second-order valence-electron chi connectivity index (χ2n) is 6.93. The molecule has 0 unspecified atom stereocenters. The molecule has 0 aliphatic carbocycles. The number of benzene rings is 2. The molecule has 0 spiro atoms. The lowest BCUT2D eigenvalue weighted by Gasteiger charge is -2.26. The van der Waals surface area contributed by atoms with Crippen molar-refractivity contribution in [1.29, 1.82) is 0 Å². The molecule has 28 heavy (non-hydrogen) atoms. The normalized spacial score (nSPS) is 10.7. The monoisotopic (exact) mass is 396 g/mol. The van der Waals surface area contributed by atoms with Crippen LogP contribution in [0.3, 0.4) is 0 Å². The van der Waals surface area contributed by atoms with E-state index < -0.39 is 0 Å². The van der Waals surface area contributed by atoms with Gasteiger partial charge in [0.2, 0.25) is 0 Å². The number of hydrogen-bond donors (Lipinski definition) is 1. The number of aromatic nitrogens is 2. The van der Waals surface area contributed by atoms with E-state index in [0.717, 1.165) is 30.8 Å². The molecule has 3 rings (SSSR count). The lowest BCUT2D eigenvalue weighted by molar-refractivity contribution is 0.395. The minimum absolute atomic E-state index is 0.230. The molecule has 0 bridgehead atoms. The summed E-state index contributed by atoms with van der Waals surface area (Å²) in [7, 11) is 0. The molecule has 0 aliphatic heterocycles. The number of halogens is 1. The highest BCUT2D eigenvalue weighted by Crippen LogP contribution is 2.16. The number of nitrogens with zero attached hydrogens (tertiary/aromatic N) is 3. The predicted octanol–water partition coefficient (Wildman–Crippen LogP) is 4.93. The van der Waals surface area contributed by atoms with Crippen LogP contribution in [0.1, 0.15) is 23.1 Å². The first-order valence-corrected chi connectivity index (χ1v) is 9.75. The maximum Gasteiger partial charge on any atom is 0.173 e. The van der Waals surface area contributed by atoms with Gasteiger partial charge in [0, 0.05) is 37.7 Å². The fourth-order valence-corrected chi connectivity index (χ4v) is 3.22. The zero-order chi connectivity index (χ0) is 19.9. The molecule has 0 atom stereocenters. The molecule has 2 aromatic carbocycles. The maximum absolute atomic E-state index is 13.2. The average molecular weight is 397 g/mol. The summed E-state index contributed by atoms with van der Waals surface area (Å²) in [6.07, 6.45) is 6.47. The highest BCUT2D eigenvalue weighted by molar-refractivity contribution is 7.80. The second kappa shape index (κ2) is 9.46. The number of aryl methyl sites for hydroxylation is 3. The molecule has 4 nitrogen and oxygen atoms in total. The standard InChI is InChI=1S/C22H25FN4S/c1-17-4-9-21(14-18(17)2)25-22(28)27(12-3-11-26-13-10-24-16-26)15-19-5-7-20(23)8-6-19/h4-10,13-14,16H,3,11-12,15H2,1-2H3,(H,25,28). The van der Waals surface area contributed by atoms with E-state index in [1.807, 2.05) is 18.6 Å². The minimum Gasteiger partial charge on any atom is -0.345 e. The van der Waals surface area contributed by atoms with Gasteiger partial charge in [0.25, 0.3) is 0 Å². The Kier molecular flexibility index (Phi) is 6.76. The molecule has 0 fully saturated rings. The van der Waals surface area contributed by atoms with E-state index in [2.05, 4.69) is 45.7 Å². The molecular weight excluding hydrogens is 371 g/mol. The fraction of sp³-hybridized carbons (Fsp3) is 0.273. The van der Waals surface area contributed by atoms with Gasteiger partial charge in [-0.1, -0.05) is 18.2 Å². The Bertz CT molecular complexity index is 907. The summed E-state index contributed by atoms with van der Waals surface area (Å²) in [5, 5.41) is 4.01. The molecule has 6 heteroatoms. The van der Waals surface area contributed by atoms with E-state index >= 15 is 0 Å². The van der Waals surface area contributed by atoms with Gasteiger partial charge in [0.15, 0.2) is 5.11 Å². The van der Waals surface area contributed by atoms with Gasteiger partial charge in [-0.05, 0) is 73.4 Å². The van der Waals surface area contributed by atoms with Crippen molar-refractivity contribution in [1.82, 2.24) is 14.5 Å². The molecule has 0 saturated heterocycles. The number of imidazole rings is 1. The lowest BCUT2D eigenvalue weighted by atomic mass is 10.1. The highest BCUT2D eigenvalue weighted by Gasteiger charge is 2.11. The van der Waals surface area contributed by atoms with Crippen LogP contribution in [0.2, 0.25) is 0 Å². The van der Waals surface area contributed by atoms with Gasteiger partial charge in [0.05, 0.1) is 6.33 Å². The van der Waals surface area contributed by atoms with Gasteiger partial charge in [-0.2, -0.15) is 0 Å². The summed E-state index contributed by atoms with van der Waals surface area (Å²) < 4.78 is 15.3. The van der Waals surface area contributed by atoms with Gasteiger partial charge >= 0.3 is 0 Å². The number of thiocarbonyl (C=S) groups is 1. The summed E-state index contributed by atoms with van der Waals surface area (Å²) in [5.41, 5.74) is 4.47. The molecule has 1 N–H and O–H groups in total. The lowest BCUT2D eigenvalue weighted by Crippen LogP contribution is -2.35. The first kappa shape index (κ1) is 20.0. The van der Waals surface area contributed by atoms with Gasteiger partial charge in [-0.3, -0.25) is 0 Å². The van der Waals surface area contributed by atoms with Gasteiger partial charge in [-0.15, -0.1) is 0 Å². The third kappa shape index (κ3) is 5.63. The van der Waals surface area contributed by atoms with Gasteiger partial charge < -0.3 is 14.8 Å². The van der Waals surface area contributed by atoms with Crippen LogP contribution in [-0.4, -0.2) is 26.1 Å². The number of nitrogens with one attached hydrogen (secondary N) is 1. The first-order valence-electron chi connectivity index (χ1n) is 9.34. The molecule has 0 saturated carbocycles. The van der Waals surface area contributed by atoms with Crippen LogP contribution in [0.15, 0.2) is 61.2 Å². The summed E-state index contributed by atoms with van der Waals surface area (Å²) in [5.74, 6) is -0.230. The van der Waals surface area contributed by atoms with Gasteiger partial charge in [0.1, 0.15) is 5.82 Å². The maximum atomic E-state index is 13.2. The average Bonchev–Trinajstić information content (AvgIpc) is 3.19. The zero-order valence-corrected chi connectivity index (χ0v) is 17.0. The summed E-state index contributed by atoms with van der Waals surface area (Å²) >= 11 is 5.69. The van der Waals surface area contributed by atoms with Crippen molar-refractivity contribution < 1.29 is 4.39 Å². The summed E-state index contributed by atoms with van der Waals surface area (Å²) in [6.45, 7) is 6.46. The third-order valence-corrected chi connectivity index (χ3v) is 5.10. The van der Waals surface area contributed by atoms with Crippen molar-refractivity contribution in [2.75, 3.05) is 11.9 Å². The molecule has 1 heterocycles. The molecule has 1 aromatic heterocycles. The quantitative estimate of drug-likeness (QED) is 0.574. The Morgan fingerprint density at radius 3 is 2.61 bits per heavy atom. The second-order valence-corrected chi connectivity index (χ2v) is 7.32. The molecule has 0 aliphatic rings. The smallest absolute Gasteiger partial charge is 0.173 e. The van der Waals surface area contributed by atoms with Crippen LogP contribution in [-0.2, 0) is 13.1 Å². The van der Waals surface area contributed by atoms with Crippen molar-refractivity contribution in [3.05, 3.63) is 83.7 Å². The van der Waals surface area contributed by atoms with Crippen LogP contribution >= 0.6 is 12.2 Å². The number of anilines is 1. The van der Waals surface area contributed by atoms with Crippen LogP contribution in [0.25, 0.3) is 0 Å². The molecule has 0 radical (unpaired) electrons. The van der Waals surface area contributed by atoms with Crippen LogP contribution in [0.5, 0.6) is 0 Å². The Balaban J connectivity index is 1.68. The zero-order valence-electron chi connectivity index (χ0n) is 16.2. The Morgan fingerprint density at radius 1 is 1.14 bits per heavy atom. The third-order valence-electron chi connectivity index (χ3n) is 4.74. The Hall–Kier alpha value is -2.73. The van der Waals surface area contributed by atoms with Crippen LogP contribution < -0.4 is 5.32 Å². The number of hydrogen-bond acceptors (Lipinski definition) is 2. The molecule has 146 valence electrons. The summed E-state index contributed by atoms with van der Waals surface area (Å²) in [6, 6.07) is 12.8. The fourth-order valence-electron chi connectivity index (χ4n) is 2.95. The molecule has 3 aromatic rings. The van der Waals surface area contributed by atoms with E-state index in [0.29, 0.717) is 11.7 Å². The van der Waals surface area contributed by atoms with Crippen LogP contribution in [0, 0.1) is 19.7 Å². The molecule has 0 amide bonds. The van der Waals surface area contributed by atoms with Crippen molar-refractivity contribution in [2.24, 2.45) is 0 Å². The topological polar surface area (TPSA) is 33.1 Å². The van der Waals surface area contributed by atoms with Crippen molar-refractivity contribution in [3.63, 3.8) is 0 Å².